The summed E-state index contributed by atoms with van der Waals surface area (Å²) in [4.78, 5) is 11.9. The van der Waals surface area contributed by atoms with Gasteiger partial charge in [-0.05, 0) is 57.2 Å². The first kappa shape index (κ1) is 17.0. The van der Waals surface area contributed by atoms with Crippen molar-refractivity contribution >= 4 is 11.6 Å². The highest BCUT2D eigenvalue weighted by molar-refractivity contribution is 6.01. The van der Waals surface area contributed by atoms with E-state index < -0.39 is 0 Å². The molecule has 4 nitrogen and oxygen atoms in total. The molecule has 1 aliphatic carbocycles. The fourth-order valence-corrected chi connectivity index (χ4v) is 2.37. The van der Waals surface area contributed by atoms with Gasteiger partial charge in [-0.1, -0.05) is 35.9 Å². The second kappa shape index (κ2) is 7.77. The summed E-state index contributed by atoms with van der Waals surface area (Å²) in [7, 11) is 0. The Morgan fingerprint density at radius 3 is 2.70 bits per heavy atom. The van der Waals surface area contributed by atoms with E-state index in [9.17, 15) is 4.79 Å². The van der Waals surface area contributed by atoms with Crippen LogP contribution >= 0.6 is 0 Å². The number of ether oxygens (including phenoxy) is 1. The molecule has 23 heavy (non-hydrogen) atoms. The lowest BCUT2D eigenvalue weighted by Crippen LogP contribution is -2.27. The Labute approximate surface area is 137 Å². The van der Waals surface area contributed by atoms with Crippen LogP contribution in [0.25, 0.3) is 0 Å². The SMILES string of the molecule is C=C(C)[C@H]1CC=C(C)C(=NNC(=O)COc2ccc(C)cc2)C1. The summed E-state index contributed by atoms with van der Waals surface area (Å²) < 4.78 is 5.44. The average Bonchev–Trinajstić information content (AvgIpc) is 2.53. The third-order valence-electron chi connectivity index (χ3n) is 4.01. The van der Waals surface area contributed by atoms with Crippen molar-refractivity contribution in [1.29, 1.82) is 0 Å². The Balaban J connectivity index is 1.87. The van der Waals surface area contributed by atoms with E-state index in [4.69, 9.17) is 4.74 Å². The molecule has 0 saturated carbocycles. The van der Waals surface area contributed by atoms with Crippen LogP contribution in [0.4, 0.5) is 0 Å². The molecule has 122 valence electrons. The molecular weight excluding hydrogens is 288 g/mol. The van der Waals surface area contributed by atoms with E-state index in [2.05, 4.69) is 23.2 Å². The Morgan fingerprint density at radius 2 is 2.04 bits per heavy atom. The molecule has 4 heteroatoms. The molecule has 0 aliphatic heterocycles. The van der Waals surface area contributed by atoms with Crippen molar-refractivity contribution in [3.05, 3.63) is 53.6 Å². The smallest absolute Gasteiger partial charge is 0.277 e. The van der Waals surface area contributed by atoms with E-state index in [1.807, 2.05) is 45.0 Å². The van der Waals surface area contributed by atoms with Crippen LogP contribution in [0.3, 0.4) is 0 Å². The van der Waals surface area contributed by atoms with Crippen LogP contribution in [0.1, 0.15) is 32.3 Å². The van der Waals surface area contributed by atoms with Crippen LogP contribution in [-0.4, -0.2) is 18.2 Å². The van der Waals surface area contributed by atoms with Crippen LogP contribution in [0, 0.1) is 12.8 Å². The number of hydrogen-bond acceptors (Lipinski definition) is 3. The van der Waals surface area contributed by atoms with Crippen LogP contribution < -0.4 is 10.2 Å². The average molecular weight is 312 g/mol. The summed E-state index contributed by atoms with van der Waals surface area (Å²) >= 11 is 0. The Morgan fingerprint density at radius 1 is 1.35 bits per heavy atom. The van der Waals surface area contributed by atoms with E-state index in [1.165, 1.54) is 0 Å². The normalized spacial score (nSPS) is 19.2. The van der Waals surface area contributed by atoms with E-state index in [-0.39, 0.29) is 12.5 Å². The van der Waals surface area contributed by atoms with Crippen molar-refractivity contribution in [2.75, 3.05) is 6.61 Å². The largest absolute Gasteiger partial charge is 0.484 e. The minimum atomic E-state index is -0.261. The summed E-state index contributed by atoms with van der Waals surface area (Å²) in [6.45, 7) is 10.0. The van der Waals surface area contributed by atoms with Crippen LogP contribution in [-0.2, 0) is 4.79 Å². The van der Waals surface area contributed by atoms with E-state index >= 15 is 0 Å². The molecule has 0 aromatic heterocycles. The van der Waals surface area contributed by atoms with E-state index in [0.717, 1.165) is 35.3 Å². The zero-order chi connectivity index (χ0) is 16.8. The molecule has 0 radical (unpaired) electrons. The topological polar surface area (TPSA) is 50.7 Å². The zero-order valence-electron chi connectivity index (χ0n) is 14.1. The molecule has 0 bridgehead atoms. The third kappa shape index (κ3) is 5.09. The van der Waals surface area contributed by atoms with Gasteiger partial charge >= 0.3 is 0 Å². The molecule has 1 aromatic rings. The van der Waals surface area contributed by atoms with E-state index in [0.29, 0.717) is 11.7 Å². The van der Waals surface area contributed by atoms with Crippen molar-refractivity contribution in [2.45, 2.75) is 33.6 Å². The number of nitrogens with zero attached hydrogens (tertiary/aromatic N) is 1. The van der Waals surface area contributed by atoms with Gasteiger partial charge in [0.1, 0.15) is 5.75 Å². The summed E-state index contributed by atoms with van der Waals surface area (Å²) in [6, 6.07) is 7.59. The van der Waals surface area contributed by atoms with Gasteiger partial charge in [0, 0.05) is 0 Å². The number of amides is 1. The first-order valence-corrected chi connectivity index (χ1v) is 7.83. The van der Waals surface area contributed by atoms with Crippen molar-refractivity contribution < 1.29 is 9.53 Å². The van der Waals surface area contributed by atoms with Crippen molar-refractivity contribution in [3.63, 3.8) is 0 Å². The number of allylic oxidation sites excluding steroid dienone is 3. The molecule has 0 heterocycles. The van der Waals surface area contributed by atoms with Crippen LogP contribution in [0.2, 0.25) is 0 Å². The van der Waals surface area contributed by atoms with Gasteiger partial charge in [-0.15, -0.1) is 0 Å². The van der Waals surface area contributed by atoms with Gasteiger partial charge in [0.25, 0.3) is 5.91 Å². The second-order valence-corrected chi connectivity index (χ2v) is 6.07. The van der Waals surface area contributed by atoms with Crippen molar-refractivity contribution in [3.8, 4) is 5.75 Å². The number of benzene rings is 1. The lowest BCUT2D eigenvalue weighted by atomic mass is 9.85. The highest BCUT2D eigenvalue weighted by atomic mass is 16.5. The van der Waals surface area contributed by atoms with Crippen LogP contribution in [0.15, 0.2) is 53.2 Å². The summed E-state index contributed by atoms with van der Waals surface area (Å²) in [5.74, 6) is 0.816. The maximum atomic E-state index is 11.9. The second-order valence-electron chi connectivity index (χ2n) is 6.07. The molecule has 2 rings (SSSR count). The maximum absolute atomic E-state index is 11.9. The summed E-state index contributed by atoms with van der Waals surface area (Å²) in [6.07, 6.45) is 3.96. The first-order chi connectivity index (χ1) is 11.0. The lowest BCUT2D eigenvalue weighted by molar-refractivity contribution is -0.123. The molecule has 1 atom stereocenters. The van der Waals surface area contributed by atoms with Gasteiger partial charge in [-0.3, -0.25) is 4.79 Å². The van der Waals surface area contributed by atoms with Crippen molar-refractivity contribution in [1.82, 2.24) is 5.43 Å². The minimum Gasteiger partial charge on any atom is -0.484 e. The number of carbonyl (C=O) groups excluding carboxylic acids is 1. The fourth-order valence-electron chi connectivity index (χ4n) is 2.37. The van der Waals surface area contributed by atoms with Crippen LogP contribution in [0.5, 0.6) is 5.75 Å². The van der Waals surface area contributed by atoms with Gasteiger partial charge in [0.05, 0.1) is 5.71 Å². The molecule has 0 saturated heterocycles. The number of hydrazone groups is 1. The van der Waals surface area contributed by atoms with Crippen molar-refractivity contribution in [2.24, 2.45) is 11.0 Å². The molecule has 0 unspecified atom stereocenters. The Bertz CT molecular complexity index is 642. The molecule has 1 N–H and O–H groups in total. The Kier molecular flexibility index (Phi) is 5.74. The van der Waals surface area contributed by atoms with Gasteiger partial charge in [0.15, 0.2) is 6.61 Å². The predicted molar refractivity (Wildman–Crippen MR) is 93.5 cm³/mol. The quantitative estimate of drug-likeness (QED) is 0.664. The molecule has 0 spiro atoms. The summed E-state index contributed by atoms with van der Waals surface area (Å²) in [5.41, 5.74) is 6.90. The molecule has 0 fully saturated rings. The number of aryl methyl sites for hydroxylation is 1. The zero-order valence-corrected chi connectivity index (χ0v) is 14.1. The standard InChI is InChI=1S/C19H24N2O2/c1-13(2)16-8-7-15(4)18(11-16)20-21-19(22)12-23-17-9-5-14(3)6-10-17/h5-7,9-10,16H,1,8,11-12H2,2-4H3,(H,21,22)/t16-/m0/s1. The maximum Gasteiger partial charge on any atom is 0.277 e. The highest BCUT2D eigenvalue weighted by Crippen LogP contribution is 2.26. The minimum absolute atomic E-state index is 0.0491. The molecule has 1 aliphatic rings. The molecule has 1 amide bonds. The number of nitrogens with one attached hydrogen (secondary N) is 1. The monoisotopic (exact) mass is 312 g/mol. The number of carbonyl (C=O) groups is 1. The lowest BCUT2D eigenvalue weighted by Gasteiger charge is -2.22. The fraction of sp³-hybridized carbons (Fsp3) is 0.368. The summed E-state index contributed by atoms with van der Waals surface area (Å²) in [5, 5.41) is 4.25. The molecular formula is C19H24N2O2. The first-order valence-electron chi connectivity index (χ1n) is 7.83. The van der Waals surface area contributed by atoms with Gasteiger partial charge < -0.3 is 4.74 Å². The van der Waals surface area contributed by atoms with Gasteiger partial charge in [-0.25, -0.2) is 5.43 Å². The highest BCUT2D eigenvalue weighted by Gasteiger charge is 2.18. The predicted octanol–water partition coefficient (Wildman–Crippen LogP) is 3.78. The molecule has 1 aromatic carbocycles. The van der Waals surface area contributed by atoms with Gasteiger partial charge in [-0.2, -0.15) is 5.10 Å². The Hall–Kier alpha value is -2.36. The van der Waals surface area contributed by atoms with E-state index in [1.54, 1.807) is 0 Å². The third-order valence-corrected chi connectivity index (χ3v) is 4.01. The van der Waals surface area contributed by atoms with Gasteiger partial charge in [0.2, 0.25) is 0 Å². The number of hydrogen-bond donors (Lipinski definition) is 1. The number of rotatable bonds is 5.